The Morgan fingerprint density at radius 2 is 1.80 bits per heavy atom. The van der Waals surface area contributed by atoms with Crippen molar-refractivity contribution in [1.82, 2.24) is 10.3 Å². The van der Waals surface area contributed by atoms with Crippen LogP contribution in [0.2, 0.25) is 5.02 Å². The average molecular weight is 593 g/mol. The van der Waals surface area contributed by atoms with Gasteiger partial charge >= 0.3 is 0 Å². The largest absolute Gasteiger partial charge is 0.382 e. The first-order chi connectivity index (χ1) is 19.1. The van der Waals surface area contributed by atoms with Gasteiger partial charge in [0.2, 0.25) is 0 Å². The number of ether oxygens (including phenoxy) is 1. The van der Waals surface area contributed by atoms with Gasteiger partial charge < -0.3 is 20.7 Å². The van der Waals surface area contributed by atoms with Crippen LogP contribution in [0, 0.1) is 11.2 Å². The number of pyridine rings is 1. The molecule has 1 aromatic carbocycles. The van der Waals surface area contributed by atoms with Crippen LogP contribution in [0.25, 0.3) is 11.1 Å². The minimum atomic E-state index is -2.87. The fourth-order valence-corrected chi connectivity index (χ4v) is 8.26. The second-order valence-corrected chi connectivity index (χ2v) is 14.7. The highest BCUT2D eigenvalue weighted by Gasteiger charge is 2.31. The first-order valence-corrected chi connectivity index (χ1v) is 16.9. The summed E-state index contributed by atoms with van der Waals surface area (Å²) in [5, 5.41) is 11.1. The first-order valence-electron chi connectivity index (χ1n) is 14.7. The fourth-order valence-electron chi connectivity index (χ4n) is 6.37. The van der Waals surface area contributed by atoms with E-state index in [-0.39, 0.29) is 29.1 Å². The molecular weight excluding hydrogens is 551 g/mol. The molecule has 5 rings (SSSR count). The van der Waals surface area contributed by atoms with E-state index in [2.05, 4.69) is 27.9 Å². The highest BCUT2D eigenvalue weighted by Crippen LogP contribution is 2.38. The summed E-state index contributed by atoms with van der Waals surface area (Å²) in [6.07, 6.45) is 8.90. The number of hydrogen-bond donors (Lipinski definition) is 3. The average Bonchev–Trinajstić information content (AvgIpc) is 3.28. The van der Waals surface area contributed by atoms with Crippen molar-refractivity contribution in [2.75, 3.05) is 41.9 Å². The third-order valence-corrected chi connectivity index (χ3v) is 11.0. The van der Waals surface area contributed by atoms with Gasteiger partial charge in [-0.25, -0.2) is 17.8 Å². The Labute approximate surface area is 242 Å². The number of rotatable bonds is 9. The van der Waals surface area contributed by atoms with Gasteiger partial charge in [-0.15, -0.1) is 0 Å². The van der Waals surface area contributed by atoms with Crippen molar-refractivity contribution in [2.24, 2.45) is 5.41 Å². The molecule has 10 heteroatoms. The van der Waals surface area contributed by atoms with E-state index < -0.39 is 9.84 Å². The van der Waals surface area contributed by atoms with Crippen molar-refractivity contribution in [3.8, 4) is 11.1 Å². The van der Waals surface area contributed by atoms with Crippen molar-refractivity contribution in [2.45, 2.75) is 83.3 Å². The second kappa shape index (κ2) is 12.5. The zero-order valence-corrected chi connectivity index (χ0v) is 25.1. The summed E-state index contributed by atoms with van der Waals surface area (Å²) in [7, 11) is -2.87. The van der Waals surface area contributed by atoms with E-state index in [0.29, 0.717) is 41.9 Å². The lowest BCUT2D eigenvalue weighted by atomic mass is 9.82. The Bertz CT molecular complexity index is 1290. The van der Waals surface area contributed by atoms with Crippen LogP contribution >= 0.6 is 11.6 Å². The molecule has 3 fully saturated rings. The topological polar surface area (TPSA) is 92.4 Å². The number of sulfone groups is 1. The van der Waals surface area contributed by atoms with Crippen molar-refractivity contribution in [1.29, 1.82) is 0 Å². The molecule has 3 heterocycles. The van der Waals surface area contributed by atoms with Crippen molar-refractivity contribution in [3.05, 3.63) is 40.8 Å². The van der Waals surface area contributed by atoms with E-state index in [9.17, 15) is 8.42 Å². The molecule has 1 aromatic heterocycles. The third-order valence-electron chi connectivity index (χ3n) is 8.94. The molecule has 1 atom stereocenters. The molecule has 0 bridgehead atoms. The standard InChI is InChI=1S/C30H42ClFN4O3S/c1-3-23-24(8-9-27(32)29(23)34-19-30(2)11-13-39-14-12-30)25-16-28(33-17-26(25)31)36-21-6-4-20(5-7-21)35-22-10-15-40(37,38)18-22/h8-9,16-17,20-22,34-35H,3-7,10-15,18-19H2,1-2H3,(H,33,36). The molecule has 40 heavy (non-hydrogen) atoms. The van der Waals surface area contributed by atoms with E-state index in [4.69, 9.17) is 16.3 Å². The van der Waals surface area contributed by atoms with Gasteiger partial charge in [0.15, 0.2) is 9.84 Å². The Morgan fingerprint density at radius 3 is 2.48 bits per heavy atom. The Morgan fingerprint density at radius 1 is 1.07 bits per heavy atom. The molecule has 1 saturated carbocycles. The minimum absolute atomic E-state index is 0.0699. The summed E-state index contributed by atoms with van der Waals surface area (Å²) >= 11 is 6.67. The molecule has 0 amide bonds. The number of nitrogens with one attached hydrogen (secondary N) is 3. The second-order valence-electron chi connectivity index (χ2n) is 12.1. The Kier molecular flexibility index (Phi) is 9.24. The van der Waals surface area contributed by atoms with Crippen LogP contribution < -0.4 is 16.0 Å². The van der Waals surface area contributed by atoms with Gasteiger partial charge in [-0.2, -0.15) is 0 Å². The van der Waals surface area contributed by atoms with Crippen LogP contribution in [0.15, 0.2) is 24.4 Å². The lowest BCUT2D eigenvalue weighted by molar-refractivity contribution is 0.0300. The molecule has 2 aromatic rings. The van der Waals surface area contributed by atoms with Gasteiger partial charge in [0.05, 0.1) is 22.2 Å². The fraction of sp³-hybridized carbons (Fsp3) is 0.633. The molecule has 0 spiro atoms. The van der Waals surface area contributed by atoms with Crippen LogP contribution in [0.1, 0.15) is 64.4 Å². The van der Waals surface area contributed by atoms with E-state index in [0.717, 1.165) is 74.2 Å². The highest BCUT2D eigenvalue weighted by atomic mass is 35.5. The van der Waals surface area contributed by atoms with Crippen LogP contribution in [-0.2, 0) is 21.0 Å². The molecule has 0 radical (unpaired) electrons. The maximum atomic E-state index is 15.1. The van der Waals surface area contributed by atoms with Crippen molar-refractivity contribution < 1.29 is 17.5 Å². The van der Waals surface area contributed by atoms with Crippen LogP contribution in [-0.4, -0.2) is 62.8 Å². The normalized spacial score (nSPS) is 25.9. The molecule has 3 aliphatic rings. The van der Waals surface area contributed by atoms with Crippen molar-refractivity contribution in [3.63, 3.8) is 0 Å². The van der Waals surface area contributed by atoms with Crippen molar-refractivity contribution >= 4 is 32.9 Å². The molecule has 7 nitrogen and oxygen atoms in total. The quantitative estimate of drug-likeness (QED) is 0.337. The predicted octanol–water partition coefficient (Wildman–Crippen LogP) is 5.83. The smallest absolute Gasteiger partial charge is 0.151 e. The van der Waals surface area contributed by atoms with E-state index in [1.807, 2.05) is 19.1 Å². The third kappa shape index (κ3) is 7.09. The molecule has 2 aliphatic heterocycles. The maximum Gasteiger partial charge on any atom is 0.151 e. The highest BCUT2D eigenvalue weighted by molar-refractivity contribution is 7.91. The molecule has 2 saturated heterocycles. The number of nitrogens with zero attached hydrogens (tertiary/aromatic N) is 1. The van der Waals surface area contributed by atoms with Gasteiger partial charge in [-0.3, -0.25) is 0 Å². The lowest BCUT2D eigenvalue weighted by Crippen LogP contribution is -2.43. The van der Waals surface area contributed by atoms with E-state index in [1.165, 1.54) is 6.07 Å². The zero-order valence-electron chi connectivity index (χ0n) is 23.6. The number of anilines is 2. The first kappa shape index (κ1) is 29.5. The molecule has 1 unspecified atom stereocenters. The number of halogens is 2. The van der Waals surface area contributed by atoms with Gasteiger partial charge in [-0.05, 0) is 80.0 Å². The number of aromatic nitrogens is 1. The van der Waals surface area contributed by atoms with Gasteiger partial charge in [0.25, 0.3) is 0 Å². The van der Waals surface area contributed by atoms with Crippen LogP contribution in [0.4, 0.5) is 15.9 Å². The Balaban J connectivity index is 1.26. The number of benzene rings is 1. The van der Waals surface area contributed by atoms with Crippen LogP contribution in [0.5, 0.6) is 0 Å². The molecular formula is C30H42ClFN4O3S. The molecule has 1 aliphatic carbocycles. The summed E-state index contributed by atoms with van der Waals surface area (Å²) in [5.41, 5.74) is 3.29. The van der Waals surface area contributed by atoms with E-state index in [1.54, 1.807) is 6.20 Å². The number of hydrogen-bond acceptors (Lipinski definition) is 7. The minimum Gasteiger partial charge on any atom is -0.382 e. The summed E-state index contributed by atoms with van der Waals surface area (Å²) in [4.78, 5) is 4.55. The summed E-state index contributed by atoms with van der Waals surface area (Å²) < 4.78 is 44.2. The Hall–Kier alpha value is -1.94. The van der Waals surface area contributed by atoms with Crippen LogP contribution in [0.3, 0.4) is 0 Å². The van der Waals surface area contributed by atoms with Gasteiger partial charge in [0.1, 0.15) is 11.6 Å². The van der Waals surface area contributed by atoms with Gasteiger partial charge in [0, 0.05) is 49.6 Å². The molecule has 220 valence electrons. The summed E-state index contributed by atoms with van der Waals surface area (Å²) in [6.45, 7) is 6.45. The van der Waals surface area contributed by atoms with Gasteiger partial charge in [-0.1, -0.05) is 31.5 Å². The summed E-state index contributed by atoms with van der Waals surface area (Å²) in [6, 6.07) is 6.04. The van der Waals surface area contributed by atoms with E-state index >= 15 is 4.39 Å². The molecule has 3 N–H and O–H groups in total. The monoisotopic (exact) mass is 592 g/mol. The maximum absolute atomic E-state index is 15.1. The lowest BCUT2D eigenvalue weighted by Gasteiger charge is -2.34. The SMILES string of the molecule is CCc1c(-c2cc(NC3CCC(NC4CCS(=O)(=O)C4)CC3)ncc2Cl)ccc(F)c1NCC1(C)CCOCC1. The predicted molar refractivity (Wildman–Crippen MR) is 161 cm³/mol. The summed E-state index contributed by atoms with van der Waals surface area (Å²) in [5.74, 6) is 1.07. The zero-order chi connectivity index (χ0) is 28.3.